The van der Waals surface area contributed by atoms with E-state index in [0.29, 0.717) is 34.1 Å². The summed E-state index contributed by atoms with van der Waals surface area (Å²) in [4.78, 5) is 14.4. The van der Waals surface area contributed by atoms with Crippen molar-refractivity contribution in [2.45, 2.75) is 6.92 Å². The van der Waals surface area contributed by atoms with Gasteiger partial charge in [0.15, 0.2) is 0 Å². The molecular weight excluding hydrogens is 309 g/mol. The maximum absolute atomic E-state index is 12.2. The van der Waals surface area contributed by atoms with E-state index in [4.69, 9.17) is 23.2 Å². The van der Waals surface area contributed by atoms with Crippen molar-refractivity contribution in [2.75, 3.05) is 38.0 Å². The van der Waals surface area contributed by atoms with Gasteiger partial charge in [-0.1, -0.05) is 29.3 Å². The van der Waals surface area contributed by atoms with E-state index in [9.17, 15) is 4.79 Å². The van der Waals surface area contributed by atoms with Gasteiger partial charge in [0.05, 0.1) is 22.3 Å². The van der Waals surface area contributed by atoms with Crippen LogP contribution >= 0.6 is 23.2 Å². The van der Waals surface area contributed by atoms with Crippen LogP contribution in [0.3, 0.4) is 0 Å². The summed E-state index contributed by atoms with van der Waals surface area (Å²) in [5.41, 5.74) is 1.42. The third-order valence-electron chi connectivity index (χ3n) is 4.38. The number of likely N-dealkylation sites (tertiary alicyclic amines) is 1. The summed E-state index contributed by atoms with van der Waals surface area (Å²) in [5.74, 6) is 1.31. The van der Waals surface area contributed by atoms with Gasteiger partial charge in [-0.3, -0.25) is 9.69 Å². The van der Waals surface area contributed by atoms with Crippen LogP contribution in [-0.2, 0) is 4.79 Å². The molecule has 0 aromatic heterocycles. The molecule has 0 unspecified atom stereocenters. The number of amides is 1. The van der Waals surface area contributed by atoms with Gasteiger partial charge in [0, 0.05) is 13.1 Å². The van der Waals surface area contributed by atoms with Gasteiger partial charge in [-0.25, -0.2) is 0 Å². The van der Waals surface area contributed by atoms with Crippen molar-refractivity contribution in [2.24, 2.45) is 11.8 Å². The molecule has 2 atom stereocenters. The number of halogens is 2. The van der Waals surface area contributed by atoms with Crippen LogP contribution in [0.15, 0.2) is 12.1 Å². The van der Waals surface area contributed by atoms with E-state index in [1.807, 2.05) is 13.0 Å². The standard InChI is InChI=1S/C15H19Cl2N3O/c1-9-2-3-12(16)15(14(9)17)19-13(21)8-20-6-10-4-18-5-11(10)7-20/h2-3,10-11,18H,4-8H2,1H3,(H,19,21)/t10-,11+. The second-order valence-corrected chi connectivity index (χ2v) is 6.76. The highest BCUT2D eigenvalue weighted by Gasteiger charge is 2.36. The van der Waals surface area contributed by atoms with E-state index in [0.717, 1.165) is 31.7 Å². The van der Waals surface area contributed by atoms with Gasteiger partial charge in [-0.15, -0.1) is 0 Å². The molecule has 2 fully saturated rings. The Morgan fingerprint density at radius 3 is 2.67 bits per heavy atom. The number of carbonyl (C=O) groups is 1. The van der Waals surface area contributed by atoms with Crippen molar-refractivity contribution in [1.29, 1.82) is 0 Å². The largest absolute Gasteiger partial charge is 0.322 e. The van der Waals surface area contributed by atoms with E-state index < -0.39 is 0 Å². The second-order valence-electron chi connectivity index (χ2n) is 5.97. The van der Waals surface area contributed by atoms with E-state index in [1.165, 1.54) is 0 Å². The third-order valence-corrected chi connectivity index (χ3v) is 5.18. The first-order valence-corrected chi connectivity index (χ1v) is 7.97. The number of anilines is 1. The van der Waals surface area contributed by atoms with Crippen molar-refractivity contribution in [3.8, 4) is 0 Å². The number of nitrogens with one attached hydrogen (secondary N) is 2. The molecule has 0 bridgehead atoms. The van der Waals surface area contributed by atoms with Gasteiger partial charge < -0.3 is 10.6 Å². The monoisotopic (exact) mass is 327 g/mol. The van der Waals surface area contributed by atoms with Gasteiger partial charge in [0.2, 0.25) is 5.91 Å². The Balaban J connectivity index is 1.61. The van der Waals surface area contributed by atoms with Crippen molar-refractivity contribution in [1.82, 2.24) is 10.2 Å². The second kappa shape index (κ2) is 6.13. The zero-order valence-corrected chi connectivity index (χ0v) is 13.5. The highest BCUT2D eigenvalue weighted by atomic mass is 35.5. The smallest absolute Gasteiger partial charge is 0.238 e. The number of nitrogens with zero attached hydrogens (tertiary/aromatic N) is 1. The molecule has 2 aliphatic heterocycles. The first-order chi connectivity index (χ1) is 10.0. The molecule has 6 heteroatoms. The molecule has 1 aromatic carbocycles. The molecule has 2 N–H and O–H groups in total. The summed E-state index contributed by atoms with van der Waals surface area (Å²) in [5, 5.41) is 7.23. The number of hydrogen-bond acceptors (Lipinski definition) is 3. The minimum absolute atomic E-state index is 0.0580. The lowest BCUT2D eigenvalue weighted by molar-refractivity contribution is -0.117. The molecule has 114 valence electrons. The van der Waals surface area contributed by atoms with Crippen molar-refractivity contribution in [3.05, 3.63) is 27.7 Å². The van der Waals surface area contributed by atoms with E-state index in [1.54, 1.807) is 6.07 Å². The summed E-state index contributed by atoms with van der Waals surface area (Å²) in [6, 6.07) is 3.60. The summed E-state index contributed by atoms with van der Waals surface area (Å²) >= 11 is 12.3. The van der Waals surface area contributed by atoms with Gasteiger partial charge in [-0.05, 0) is 43.5 Å². The molecule has 4 nitrogen and oxygen atoms in total. The maximum atomic E-state index is 12.2. The fourth-order valence-corrected chi connectivity index (χ4v) is 3.70. The van der Waals surface area contributed by atoms with Gasteiger partial charge in [0.1, 0.15) is 0 Å². The Morgan fingerprint density at radius 2 is 2.00 bits per heavy atom. The molecule has 0 spiro atoms. The highest BCUT2D eigenvalue weighted by Crippen LogP contribution is 2.33. The first-order valence-electron chi connectivity index (χ1n) is 7.22. The molecular formula is C15H19Cl2N3O. The summed E-state index contributed by atoms with van der Waals surface area (Å²) in [6.45, 7) is 6.40. The predicted octanol–water partition coefficient (Wildman–Crippen LogP) is 2.39. The third kappa shape index (κ3) is 3.19. The molecule has 0 radical (unpaired) electrons. The Hall–Kier alpha value is -0.810. The van der Waals surface area contributed by atoms with Gasteiger partial charge >= 0.3 is 0 Å². The maximum Gasteiger partial charge on any atom is 0.238 e. The average molecular weight is 328 g/mol. The lowest BCUT2D eigenvalue weighted by atomic mass is 10.0. The van der Waals surface area contributed by atoms with Crippen LogP contribution in [0, 0.1) is 18.8 Å². The zero-order valence-electron chi connectivity index (χ0n) is 12.0. The van der Waals surface area contributed by atoms with Crippen LogP contribution in [0.4, 0.5) is 5.69 Å². The fourth-order valence-electron chi connectivity index (χ4n) is 3.23. The molecule has 1 amide bonds. The minimum atomic E-state index is -0.0580. The van der Waals surface area contributed by atoms with Crippen LogP contribution < -0.4 is 10.6 Å². The van der Waals surface area contributed by atoms with Crippen molar-refractivity contribution >= 4 is 34.8 Å². The van der Waals surface area contributed by atoms with Crippen LogP contribution in [0.5, 0.6) is 0 Å². The summed E-state index contributed by atoms with van der Waals surface area (Å²) in [6.07, 6.45) is 0. The van der Waals surface area contributed by atoms with Crippen LogP contribution in [0.2, 0.25) is 10.0 Å². The number of benzene rings is 1. The SMILES string of the molecule is Cc1ccc(Cl)c(NC(=O)CN2C[C@H]3CNC[C@H]3C2)c1Cl. The first kappa shape index (κ1) is 15.1. The Bertz CT molecular complexity index is 552. The fraction of sp³-hybridized carbons (Fsp3) is 0.533. The number of hydrogen-bond donors (Lipinski definition) is 2. The minimum Gasteiger partial charge on any atom is -0.322 e. The summed E-state index contributed by atoms with van der Waals surface area (Å²) < 4.78 is 0. The number of rotatable bonds is 3. The predicted molar refractivity (Wildman–Crippen MR) is 86.1 cm³/mol. The molecule has 2 heterocycles. The molecule has 2 aliphatic rings. The molecule has 0 aliphatic carbocycles. The van der Waals surface area contributed by atoms with Crippen LogP contribution in [0.25, 0.3) is 0 Å². The topological polar surface area (TPSA) is 44.4 Å². The summed E-state index contributed by atoms with van der Waals surface area (Å²) in [7, 11) is 0. The Kier molecular flexibility index (Phi) is 4.41. The Morgan fingerprint density at radius 1 is 1.33 bits per heavy atom. The van der Waals surface area contributed by atoms with Crippen LogP contribution in [0.1, 0.15) is 5.56 Å². The van der Waals surface area contributed by atoms with Crippen molar-refractivity contribution in [3.63, 3.8) is 0 Å². The Labute approximate surface area is 134 Å². The molecule has 21 heavy (non-hydrogen) atoms. The quantitative estimate of drug-likeness (QED) is 0.896. The molecule has 3 rings (SSSR count). The van der Waals surface area contributed by atoms with Crippen molar-refractivity contribution < 1.29 is 4.79 Å². The number of fused-ring (bicyclic) bond motifs is 1. The lowest BCUT2D eigenvalue weighted by Crippen LogP contribution is -2.33. The zero-order chi connectivity index (χ0) is 15.0. The number of carbonyl (C=O) groups excluding carboxylic acids is 1. The number of aryl methyl sites for hydroxylation is 1. The van der Waals surface area contributed by atoms with E-state index in [-0.39, 0.29) is 5.91 Å². The molecule has 0 saturated carbocycles. The lowest BCUT2D eigenvalue weighted by Gasteiger charge is -2.17. The van der Waals surface area contributed by atoms with Gasteiger partial charge in [-0.2, -0.15) is 0 Å². The normalized spacial score (nSPS) is 25.1. The van der Waals surface area contributed by atoms with E-state index >= 15 is 0 Å². The van der Waals surface area contributed by atoms with Gasteiger partial charge in [0.25, 0.3) is 0 Å². The molecule has 1 aromatic rings. The van der Waals surface area contributed by atoms with Crippen LogP contribution in [-0.4, -0.2) is 43.5 Å². The molecule has 2 saturated heterocycles. The highest BCUT2D eigenvalue weighted by molar-refractivity contribution is 6.40. The average Bonchev–Trinajstić information content (AvgIpc) is 3.00. The van der Waals surface area contributed by atoms with E-state index in [2.05, 4.69) is 15.5 Å².